The van der Waals surface area contributed by atoms with Crippen LogP contribution in [-0.4, -0.2) is 23.2 Å². The number of ether oxygens (including phenoxy) is 2. The van der Waals surface area contributed by atoms with E-state index < -0.39 is 0 Å². The zero-order valence-electron chi connectivity index (χ0n) is 28.1. The number of aromatic nitrogens is 2. The van der Waals surface area contributed by atoms with E-state index in [4.69, 9.17) is 28.3 Å². The minimum atomic E-state index is -0.0895. The highest BCUT2D eigenvalue weighted by Crippen LogP contribution is 2.39. The second-order valence-corrected chi connectivity index (χ2v) is 14.4. The third-order valence-corrected chi connectivity index (χ3v) is 8.41. The molecule has 234 valence electrons. The SMILES string of the molecule is CCC(C)COc1cc2oc(-c3ccc(-c4nc5cc(C(C)(C)C)c(OCC(C)CC)cc5o4)cc3)nc2cc1C(C)(C)C. The number of benzene rings is 3. The lowest BCUT2D eigenvalue weighted by Gasteiger charge is -2.23. The number of fused-ring (bicyclic) bond motifs is 2. The normalized spacial score (nSPS) is 13.9. The third kappa shape index (κ3) is 6.80. The topological polar surface area (TPSA) is 70.5 Å². The monoisotopic (exact) mass is 596 g/mol. The first-order valence-corrected chi connectivity index (χ1v) is 16.0. The summed E-state index contributed by atoms with van der Waals surface area (Å²) in [5.74, 6) is 3.83. The van der Waals surface area contributed by atoms with E-state index in [1.807, 2.05) is 36.4 Å². The predicted molar refractivity (Wildman–Crippen MR) is 180 cm³/mol. The molecular formula is C38H48N2O4. The summed E-state index contributed by atoms with van der Waals surface area (Å²) in [6, 6.07) is 16.2. The fraction of sp³-hybridized carbons (Fsp3) is 0.474. The fourth-order valence-corrected chi connectivity index (χ4v) is 5.02. The molecule has 0 fully saturated rings. The Labute approximate surface area is 262 Å². The van der Waals surface area contributed by atoms with Gasteiger partial charge >= 0.3 is 0 Å². The summed E-state index contributed by atoms with van der Waals surface area (Å²) in [5.41, 5.74) is 6.93. The lowest BCUT2D eigenvalue weighted by atomic mass is 9.86. The second kappa shape index (κ2) is 12.3. The van der Waals surface area contributed by atoms with Crippen molar-refractivity contribution in [3.05, 3.63) is 59.7 Å². The number of nitrogens with zero attached hydrogens (tertiary/aromatic N) is 2. The van der Waals surface area contributed by atoms with Crippen molar-refractivity contribution in [3.63, 3.8) is 0 Å². The van der Waals surface area contributed by atoms with Crippen LogP contribution in [0, 0.1) is 11.8 Å². The van der Waals surface area contributed by atoms with E-state index in [9.17, 15) is 0 Å². The average molecular weight is 597 g/mol. The van der Waals surface area contributed by atoms with Gasteiger partial charge in [0.2, 0.25) is 11.8 Å². The van der Waals surface area contributed by atoms with Gasteiger partial charge in [-0.15, -0.1) is 0 Å². The quantitative estimate of drug-likeness (QED) is 0.160. The van der Waals surface area contributed by atoms with Gasteiger partial charge in [-0.2, -0.15) is 0 Å². The molecule has 6 heteroatoms. The summed E-state index contributed by atoms with van der Waals surface area (Å²) >= 11 is 0. The van der Waals surface area contributed by atoms with Crippen LogP contribution in [0.1, 0.15) is 93.2 Å². The Hall–Kier alpha value is -3.80. The summed E-state index contributed by atoms with van der Waals surface area (Å²) in [5, 5.41) is 0. The molecule has 0 N–H and O–H groups in total. The van der Waals surface area contributed by atoms with Gasteiger partial charge in [0.1, 0.15) is 22.5 Å². The molecule has 0 saturated heterocycles. The summed E-state index contributed by atoms with van der Waals surface area (Å²) < 4.78 is 25.1. The minimum Gasteiger partial charge on any atom is -0.493 e. The van der Waals surface area contributed by atoms with Gasteiger partial charge < -0.3 is 18.3 Å². The first-order valence-electron chi connectivity index (χ1n) is 16.0. The molecule has 2 heterocycles. The summed E-state index contributed by atoms with van der Waals surface area (Å²) in [6.07, 6.45) is 2.15. The Morgan fingerprint density at radius 2 is 0.977 bits per heavy atom. The van der Waals surface area contributed by atoms with Crippen molar-refractivity contribution in [2.45, 2.75) is 92.9 Å². The molecule has 0 amide bonds. The summed E-state index contributed by atoms with van der Waals surface area (Å²) in [7, 11) is 0. The predicted octanol–water partition coefficient (Wildman–Crippen LogP) is 10.7. The van der Waals surface area contributed by atoms with Gasteiger partial charge in [0, 0.05) is 34.4 Å². The largest absolute Gasteiger partial charge is 0.493 e. The zero-order chi connectivity index (χ0) is 31.8. The smallest absolute Gasteiger partial charge is 0.227 e. The molecule has 0 bridgehead atoms. The van der Waals surface area contributed by atoms with Crippen molar-refractivity contribution in [2.24, 2.45) is 11.8 Å². The van der Waals surface area contributed by atoms with Crippen molar-refractivity contribution in [1.82, 2.24) is 9.97 Å². The first-order chi connectivity index (χ1) is 20.8. The Morgan fingerprint density at radius 3 is 1.30 bits per heavy atom. The van der Waals surface area contributed by atoms with Crippen LogP contribution in [0.5, 0.6) is 11.5 Å². The highest BCUT2D eigenvalue weighted by atomic mass is 16.5. The molecule has 0 spiro atoms. The molecule has 6 nitrogen and oxygen atoms in total. The van der Waals surface area contributed by atoms with Crippen molar-refractivity contribution in [2.75, 3.05) is 13.2 Å². The van der Waals surface area contributed by atoms with Crippen LogP contribution in [0.2, 0.25) is 0 Å². The molecule has 2 aromatic heterocycles. The van der Waals surface area contributed by atoms with Crippen molar-refractivity contribution >= 4 is 22.2 Å². The van der Waals surface area contributed by atoms with Crippen LogP contribution in [0.3, 0.4) is 0 Å². The van der Waals surface area contributed by atoms with Crippen molar-refractivity contribution in [3.8, 4) is 34.4 Å². The third-order valence-electron chi connectivity index (χ3n) is 8.41. The Bertz CT molecular complexity index is 1600. The molecule has 44 heavy (non-hydrogen) atoms. The van der Waals surface area contributed by atoms with Gasteiger partial charge in [0.05, 0.1) is 13.2 Å². The Balaban J connectivity index is 1.44. The van der Waals surface area contributed by atoms with Crippen LogP contribution in [0.15, 0.2) is 57.4 Å². The van der Waals surface area contributed by atoms with Crippen LogP contribution in [0.4, 0.5) is 0 Å². The highest BCUT2D eigenvalue weighted by molar-refractivity contribution is 5.81. The first kappa shape index (κ1) is 31.6. The van der Waals surface area contributed by atoms with Gasteiger partial charge in [0.15, 0.2) is 11.2 Å². The molecule has 5 aromatic rings. The maximum atomic E-state index is 6.28. The van der Waals surface area contributed by atoms with Gasteiger partial charge in [0.25, 0.3) is 0 Å². The van der Waals surface area contributed by atoms with E-state index in [1.54, 1.807) is 0 Å². The molecule has 0 aliphatic heterocycles. The molecule has 2 atom stereocenters. The standard InChI is InChI=1S/C38H48N2O4/c1-11-23(3)21-41-31-19-33-29(17-27(31)37(5,6)7)39-35(43-33)25-13-15-26(16-14-25)36-40-30-18-28(38(8,9)10)32(20-34(30)44-36)42-22-24(4)12-2/h13-20,23-24H,11-12,21-22H2,1-10H3. The van der Waals surface area contributed by atoms with Crippen LogP contribution >= 0.6 is 0 Å². The highest BCUT2D eigenvalue weighted by Gasteiger charge is 2.24. The van der Waals surface area contributed by atoms with Gasteiger partial charge in [-0.05, 0) is 59.1 Å². The van der Waals surface area contributed by atoms with Gasteiger partial charge in [-0.1, -0.05) is 82.1 Å². The van der Waals surface area contributed by atoms with Crippen LogP contribution < -0.4 is 9.47 Å². The molecule has 0 saturated carbocycles. The molecule has 0 aliphatic carbocycles. The number of hydrogen-bond donors (Lipinski definition) is 0. The number of hydrogen-bond acceptors (Lipinski definition) is 6. The zero-order valence-corrected chi connectivity index (χ0v) is 28.1. The maximum Gasteiger partial charge on any atom is 0.227 e. The number of oxazole rings is 2. The van der Waals surface area contributed by atoms with E-state index >= 15 is 0 Å². The van der Waals surface area contributed by atoms with Gasteiger partial charge in [-0.25, -0.2) is 9.97 Å². The van der Waals surface area contributed by atoms with Crippen LogP contribution in [-0.2, 0) is 10.8 Å². The molecule has 0 radical (unpaired) electrons. The summed E-state index contributed by atoms with van der Waals surface area (Å²) in [6.45, 7) is 23.3. The lowest BCUT2D eigenvalue weighted by molar-refractivity contribution is 0.251. The van der Waals surface area contributed by atoms with Crippen molar-refractivity contribution in [1.29, 1.82) is 0 Å². The Kier molecular flexibility index (Phi) is 8.84. The van der Waals surface area contributed by atoms with E-state index in [0.29, 0.717) is 36.8 Å². The lowest BCUT2D eigenvalue weighted by Crippen LogP contribution is -2.15. The van der Waals surface area contributed by atoms with E-state index in [0.717, 1.165) is 68.8 Å². The fourth-order valence-electron chi connectivity index (χ4n) is 5.02. The second-order valence-electron chi connectivity index (χ2n) is 14.4. The van der Waals surface area contributed by atoms with E-state index in [1.165, 1.54) is 0 Å². The molecular weight excluding hydrogens is 548 g/mol. The van der Waals surface area contributed by atoms with Crippen LogP contribution in [0.25, 0.3) is 45.1 Å². The minimum absolute atomic E-state index is 0.0895. The molecule has 3 aromatic carbocycles. The van der Waals surface area contributed by atoms with Crippen molar-refractivity contribution < 1.29 is 18.3 Å². The molecule has 5 rings (SSSR count). The summed E-state index contributed by atoms with van der Waals surface area (Å²) in [4.78, 5) is 9.70. The molecule has 2 unspecified atom stereocenters. The number of rotatable bonds is 10. The van der Waals surface area contributed by atoms with E-state index in [-0.39, 0.29) is 10.8 Å². The van der Waals surface area contributed by atoms with Gasteiger partial charge in [-0.3, -0.25) is 0 Å². The Morgan fingerprint density at radius 1 is 0.614 bits per heavy atom. The maximum absolute atomic E-state index is 6.28. The van der Waals surface area contributed by atoms with E-state index in [2.05, 4.69) is 81.4 Å². The average Bonchev–Trinajstić information content (AvgIpc) is 3.60. The molecule has 0 aliphatic rings.